The average Bonchev–Trinajstić information content (AvgIpc) is 3.05. The third-order valence-electron chi connectivity index (χ3n) is 7.73. The zero-order valence-corrected chi connectivity index (χ0v) is 25.5. The van der Waals surface area contributed by atoms with Crippen LogP contribution < -0.4 is 31.4 Å². The topological polar surface area (TPSA) is 269 Å². The van der Waals surface area contributed by atoms with Gasteiger partial charge in [-0.15, -0.1) is 0 Å². The lowest BCUT2D eigenvalue weighted by Crippen LogP contribution is -3.00. The summed E-state index contributed by atoms with van der Waals surface area (Å²) in [7, 11) is 2.59. The molecule has 0 spiro atoms. The summed E-state index contributed by atoms with van der Waals surface area (Å²) in [4.78, 5) is 0. The van der Waals surface area contributed by atoms with E-state index in [-0.39, 0.29) is 69.2 Å². The summed E-state index contributed by atoms with van der Waals surface area (Å²) in [6, 6.07) is 6.34. The van der Waals surface area contributed by atoms with E-state index in [9.17, 15) is 51.1 Å². The number of phenolic OH excluding ortho intramolecular Hbond substituents is 2. The monoisotopic (exact) mass is 690 g/mol. The highest BCUT2D eigenvalue weighted by molar-refractivity contribution is 5.89. The number of ether oxygens (including phenoxy) is 6. The normalized spacial score (nSPS) is 30.8. The van der Waals surface area contributed by atoms with E-state index in [1.54, 1.807) is 0 Å². The van der Waals surface area contributed by atoms with Gasteiger partial charge in [0.25, 0.3) is 0 Å². The predicted octanol–water partition coefficient (Wildman–Crippen LogP) is -4.83. The Bertz CT molecular complexity index is 1510. The van der Waals surface area contributed by atoms with Crippen molar-refractivity contribution in [2.24, 2.45) is 0 Å². The van der Waals surface area contributed by atoms with Crippen molar-refractivity contribution >= 4 is 11.0 Å². The average molecular weight is 691 g/mol. The van der Waals surface area contributed by atoms with Crippen LogP contribution in [-0.4, -0.2) is 140 Å². The number of aromatic hydroxyl groups is 2. The van der Waals surface area contributed by atoms with Crippen LogP contribution in [0.1, 0.15) is 0 Å². The van der Waals surface area contributed by atoms with Crippen molar-refractivity contribution in [3.8, 4) is 45.8 Å². The fraction of sp³-hybridized carbons (Fsp3) is 0.483. The van der Waals surface area contributed by atoms with Gasteiger partial charge in [0.2, 0.25) is 24.1 Å². The second kappa shape index (κ2) is 14.8. The van der Waals surface area contributed by atoms with E-state index in [4.69, 9.17) is 32.8 Å². The van der Waals surface area contributed by atoms with Gasteiger partial charge in [0.15, 0.2) is 11.5 Å². The molecule has 1 aromatic heterocycles. The minimum absolute atomic E-state index is 0. The molecular weight excluding hydrogens is 656 g/mol. The zero-order valence-electron chi connectivity index (χ0n) is 24.8. The number of fused-ring (bicyclic) bond motifs is 1. The summed E-state index contributed by atoms with van der Waals surface area (Å²) >= 11 is 0. The summed E-state index contributed by atoms with van der Waals surface area (Å²) in [6.45, 7) is -1.45. The van der Waals surface area contributed by atoms with Crippen LogP contribution in [0.4, 0.5) is 0 Å². The maximum atomic E-state index is 10.7. The maximum absolute atomic E-state index is 10.7. The van der Waals surface area contributed by atoms with Gasteiger partial charge >= 0.3 is 11.3 Å². The second-order valence-corrected chi connectivity index (χ2v) is 10.7. The summed E-state index contributed by atoms with van der Waals surface area (Å²) in [5, 5.41) is 102. The van der Waals surface area contributed by atoms with Crippen molar-refractivity contribution in [1.29, 1.82) is 0 Å². The van der Waals surface area contributed by atoms with Gasteiger partial charge in [-0.2, -0.15) is 0 Å². The molecule has 2 aromatic carbocycles. The molecule has 18 heteroatoms. The minimum atomic E-state index is -1.82. The Hall–Kier alpha value is -3.46. The summed E-state index contributed by atoms with van der Waals surface area (Å²) < 4.78 is 39.3. The van der Waals surface area contributed by atoms with Crippen LogP contribution in [0.3, 0.4) is 0 Å². The zero-order chi connectivity index (χ0) is 33.4. The number of halogens is 1. The minimum Gasteiger partial charge on any atom is -1.00 e. The number of aliphatic hydroxyl groups excluding tert-OH is 8. The Morgan fingerprint density at radius 2 is 1.13 bits per heavy atom. The Kier molecular flexibility index (Phi) is 11.4. The Balaban J connectivity index is 0.00000500. The maximum Gasteiger partial charge on any atom is 0.402 e. The molecule has 17 nitrogen and oxygen atoms in total. The standard InChI is InChI=1S/C29H34O17.ClH/c1-40-15-3-10(4-16(41-2)20(15)33)27-17(44-29-26(39)24(37)22(35)19(9-31)46-29)7-12-13(42-27)5-11(32)6-14(12)43-28-25(38)23(36)21(34)18(8-30)45-28;/h3-7,18-19,21-26,28-31,34-39H,8-9H2,1-2H3,(H-,32,33);1H/t18-,19-,21-,22-,23+,24+,25-,26-,28-,29-;/m1./s1. The van der Waals surface area contributed by atoms with Crippen molar-refractivity contribution in [1.82, 2.24) is 0 Å². The first-order valence-corrected chi connectivity index (χ1v) is 14.0. The molecule has 5 rings (SSSR count). The number of benzene rings is 2. The molecule has 2 saturated heterocycles. The van der Waals surface area contributed by atoms with Gasteiger partial charge in [0.1, 0.15) is 65.7 Å². The van der Waals surface area contributed by atoms with Crippen LogP contribution in [0.25, 0.3) is 22.3 Å². The molecule has 2 aliphatic heterocycles. The molecule has 0 unspecified atom stereocenters. The molecule has 3 aromatic rings. The molecule has 10 N–H and O–H groups in total. The number of phenols is 2. The molecule has 3 heterocycles. The molecule has 2 aliphatic rings. The van der Waals surface area contributed by atoms with Crippen LogP contribution in [-0.2, 0) is 9.47 Å². The molecule has 0 bridgehead atoms. The van der Waals surface area contributed by atoms with Crippen molar-refractivity contribution in [3.63, 3.8) is 0 Å². The van der Waals surface area contributed by atoms with E-state index in [1.807, 2.05) is 0 Å². The third-order valence-corrected chi connectivity index (χ3v) is 7.73. The van der Waals surface area contributed by atoms with E-state index >= 15 is 0 Å². The van der Waals surface area contributed by atoms with Crippen molar-refractivity contribution < 1.29 is 96.3 Å². The van der Waals surface area contributed by atoms with E-state index in [2.05, 4.69) is 0 Å². The van der Waals surface area contributed by atoms with Gasteiger partial charge in [-0.25, -0.2) is 4.42 Å². The van der Waals surface area contributed by atoms with Gasteiger partial charge in [0.05, 0.1) is 39.1 Å². The Morgan fingerprint density at radius 1 is 0.638 bits per heavy atom. The third kappa shape index (κ3) is 6.92. The lowest BCUT2D eigenvalue weighted by molar-refractivity contribution is -0.277. The second-order valence-electron chi connectivity index (χ2n) is 10.7. The molecule has 2 fully saturated rings. The smallest absolute Gasteiger partial charge is 0.402 e. The number of aliphatic hydroxyl groups is 8. The highest BCUT2D eigenvalue weighted by Crippen LogP contribution is 2.46. The van der Waals surface area contributed by atoms with E-state index in [0.29, 0.717) is 0 Å². The van der Waals surface area contributed by atoms with Gasteiger partial charge in [0, 0.05) is 24.3 Å². The van der Waals surface area contributed by atoms with Crippen LogP contribution >= 0.6 is 0 Å². The molecule has 0 radical (unpaired) electrons. The summed E-state index contributed by atoms with van der Waals surface area (Å²) in [5.41, 5.74) is 0.120. The van der Waals surface area contributed by atoms with Crippen LogP contribution in [0, 0.1) is 0 Å². The molecule has 260 valence electrons. The lowest BCUT2D eigenvalue weighted by atomic mass is 9.99. The van der Waals surface area contributed by atoms with E-state index < -0.39 is 74.6 Å². The van der Waals surface area contributed by atoms with Gasteiger partial charge < -0.3 is 91.9 Å². The first-order valence-electron chi connectivity index (χ1n) is 14.0. The van der Waals surface area contributed by atoms with Crippen molar-refractivity contribution in [2.45, 2.75) is 61.4 Å². The number of hydrogen-bond acceptors (Lipinski definition) is 16. The first kappa shape index (κ1) is 36.4. The fourth-order valence-electron chi connectivity index (χ4n) is 5.16. The van der Waals surface area contributed by atoms with Gasteiger partial charge in [-0.1, -0.05) is 0 Å². The van der Waals surface area contributed by atoms with Gasteiger partial charge in [-0.3, -0.25) is 0 Å². The van der Waals surface area contributed by atoms with E-state index in [0.717, 1.165) is 6.07 Å². The van der Waals surface area contributed by atoms with E-state index in [1.165, 1.54) is 38.5 Å². The van der Waals surface area contributed by atoms with Crippen LogP contribution in [0.15, 0.2) is 34.7 Å². The molecule has 47 heavy (non-hydrogen) atoms. The number of methoxy groups -OCH3 is 2. The number of rotatable bonds is 9. The van der Waals surface area contributed by atoms with Crippen molar-refractivity contribution in [2.75, 3.05) is 27.4 Å². The predicted molar refractivity (Wildman–Crippen MR) is 151 cm³/mol. The molecular formula is C29H35ClO17. The first-order chi connectivity index (χ1) is 21.9. The van der Waals surface area contributed by atoms with Crippen molar-refractivity contribution in [3.05, 3.63) is 30.3 Å². The van der Waals surface area contributed by atoms with Crippen LogP contribution in [0.5, 0.6) is 34.5 Å². The molecule has 10 atom stereocenters. The highest BCUT2D eigenvalue weighted by Gasteiger charge is 2.47. The number of hydrogen-bond donors (Lipinski definition) is 10. The lowest BCUT2D eigenvalue weighted by Gasteiger charge is -2.39. The molecule has 0 aliphatic carbocycles. The SMILES string of the molecule is COc1cc(-c2[o+]c3cc(O)cc(O[C@@H]4O[C@H](CO)[C@@H](O)[C@H](O)[C@H]4O)c3cc2O[C@@H]2O[C@H](CO)[C@@H](O)[C@H](O)[C@H]2O)cc(OC)c1O.[Cl-]. The Morgan fingerprint density at radius 3 is 1.60 bits per heavy atom. The molecule has 0 amide bonds. The Labute approximate surface area is 272 Å². The quantitative estimate of drug-likeness (QED) is 0.0944. The summed E-state index contributed by atoms with van der Waals surface area (Å²) in [5.74, 6) is -1.32. The largest absolute Gasteiger partial charge is 1.00 e. The molecule has 0 saturated carbocycles. The van der Waals surface area contributed by atoms with Crippen LogP contribution in [0.2, 0.25) is 0 Å². The fourth-order valence-corrected chi connectivity index (χ4v) is 5.16. The summed E-state index contributed by atoms with van der Waals surface area (Å²) in [6.07, 6.45) is -16.5. The highest BCUT2D eigenvalue weighted by atomic mass is 35.5. The van der Waals surface area contributed by atoms with Gasteiger partial charge in [-0.05, 0) is 0 Å².